The van der Waals surface area contributed by atoms with E-state index in [0.29, 0.717) is 64.9 Å². The second kappa shape index (κ2) is 16.7. The number of ether oxygens (including phenoxy) is 1. The number of nitrogens with one attached hydrogen (secondary N) is 5. The van der Waals surface area contributed by atoms with Crippen LogP contribution in [0.5, 0.6) is 5.75 Å². The highest BCUT2D eigenvalue weighted by Crippen LogP contribution is 2.39. The van der Waals surface area contributed by atoms with Crippen LogP contribution in [0.4, 0.5) is 34.5 Å². The zero-order valence-corrected chi connectivity index (χ0v) is 33.5. The molecule has 3 aliphatic heterocycles. The Hall–Kier alpha value is -6.25. The minimum absolute atomic E-state index is 0.0242. The van der Waals surface area contributed by atoms with Gasteiger partial charge in [0.05, 0.1) is 41.5 Å². The van der Waals surface area contributed by atoms with E-state index in [4.69, 9.17) is 16.3 Å². The molecule has 300 valence electrons. The number of rotatable bonds is 12. The molecule has 0 bridgehead atoms. The van der Waals surface area contributed by atoms with Crippen LogP contribution >= 0.6 is 18.7 Å². The summed E-state index contributed by atoms with van der Waals surface area (Å²) in [4.78, 5) is 75.4. The molecular formula is C40H41ClN9O7P. The zero-order chi connectivity index (χ0) is 41.1. The number of imide groups is 2. The molecule has 0 spiro atoms. The van der Waals surface area contributed by atoms with E-state index >= 15 is 0 Å². The van der Waals surface area contributed by atoms with Crippen LogP contribution in [-0.4, -0.2) is 90.0 Å². The maximum atomic E-state index is 13.3. The Bertz CT molecular complexity index is 2400. The van der Waals surface area contributed by atoms with Gasteiger partial charge < -0.3 is 35.5 Å². The molecule has 1 aromatic heterocycles. The molecule has 4 aromatic rings. The van der Waals surface area contributed by atoms with E-state index in [0.717, 1.165) is 10.6 Å². The molecule has 18 heteroatoms. The largest absolute Gasteiger partial charge is 0.494 e. The number of anilines is 6. The topological polar surface area (TPSA) is 204 Å². The van der Waals surface area contributed by atoms with Crippen LogP contribution in [0.25, 0.3) is 0 Å². The number of carbonyl (C=O) groups is 5. The molecule has 2 fully saturated rings. The number of methoxy groups -OCH3 is 1. The number of hydrogen-bond acceptors (Lipinski definition) is 13. The number of benzene rings is 3. The van der Waals surface area contributed by atoms with Crippen LogP contribution in [0.2, 0.25) is 5.02 Å². The molecule has 58 heavy (non-hydrogen) atoms. The summed E-state index contributed by atoms with van der Waals surface area (Å²) < 4.78 is 18.6. The predicted molar refractivity (Wildman–Crippen MR) is 221 cm³/mol. The standard InChI is InChI=1S/C40H41ClN9O7P/c1-57-31-21-24(11-12-27(31)46-40-43-22-26(41)36(48-40)45-28-8-4-5-10-32(28)58(2,3)56)49-19-16-23(17-20-49)44-34(52)15-18-42-29-9-6-7-25-35(29)39(55)50(38(25)54)30-13-14-33(51)47-37(30)53/h4-12,15,18,21-23,30,42H,13-14,16-17,19-20H2,1-3H3,(H,44,52)(H,47,51,53)(H2,43,45,46,48)/b18-15+. The maximum absolute atomic E-state index is 13.3. The average Bonchev–Trinajstić information content (AvgIpc) is 3.45. The van der Waals surface area contributed by atoms with Gasteiger partial charge >= 0.3 is 0 Å². The van der Waals surface area contributed by atoms with Gasteiger partial charge in [-0.25, -0.2) is 4.98 Å². The number of nitrogens with zero attached hydrogens (tertiary/aromatic N) is 4. The fraction of sp³-hybridized carbons (Fsp3) is 0.275. The first kappa shape index (κ1) is 40.0. The number of aromatic nitrogens is 2. The van der Waals surface area contributed by atoms with E-state index < -0.39 is 36.8 Å². The molecule has 5 N–H and O–H groups in total. The first-order valence-corrected chi connectivity index (χ1v) is 21.5. The molecular weight excluding hydrogens is 785 g/mol. The van der Waals surface area contributed by atoms with E-state index in [-0.39, 0.29) is 41.9 Å². The third kappa shape index (κ3) is 8.53. The van der Waals surface area contributed by atoms with Gasteiger partial charge in [0.1, 0.15) is 24.0 Å². The van der Waals surface area contributed by atoms with Gasteiger partial charge in [-0.05, 0) is 69.0 Å². The van der Waals surface area contributed by atoms with Gasteiger partial charge in [0.15, 0.2) is 5.82 Å². The van der Waals surface area contributed by atoms with E-state index in [9.17, 15) is 28.5 Å². The minimum atomic E-state index is -2.58. The van der Waals surface area contributed by atoms with E-state index in [1.165, 1.54) is 24.5 Å². The second-order valence-corrected chi connectivity index (χ2v) is 17.9. The van der Waals surface area contributed by atoms with E-state index in [2.05, 4.69) is 41.5 Å². The van der Waals surface area contributed by atoms with Crippen LogP contribution in [0.1, 0.15) is 46.4 Å². The molecule has 2 saturated heterocycles. The number of para-hydroxylation sites is 1. The number of amides is 5. The number of carbonyl (C=O) groups excluding carboxylic acids is 5. The van der Waals surface area contributed by atoms with Crippen molar-refractivity contribution in [1.82, 2.24) is 25.5 Å². The van der Waals surface area contributed by atoms with Crippen LogP contribution in [0.15, 0.2) is 79.1 Å². The molecule has 0 saturated carbocycles. The summed E-state index contributed by atoms with van der Waals surface area (Å²) in [7, 11) is -1.00. The number of fused-ring (bicyclic) bond motifs is 1. The lowest BCUT2D eigenvalue weighted by molar-refractivity contribution is -0.136. The van der Waals surface area contributed by atoms with Crippen LogP contribution in [0, 0.1) is 0 Å². The molecule has 1 unspecified atom stereocenters. The fourth-order valence-electron chi connectivity index (χ4n) is 7.17. The Balaban J connectivity index is 0.927. The lowest BCUT2D eigenvalue weighted by atomic mass is 10.0. The summed E-state index contributed by atoms with van der Waals surface area (Å²) in [5, 5.41) is 15.5. The van der Waals surface area contributed by atoms with Gasteiger partial charge in [0.25, 0.3) is 11.8 Å². The molecule has 5 amide bonds. The van der Waals surface area contributed by atoms with Crippen molar-refractivity contribution < 1.29 is 33.3 Å². The molecule has 1 atom stereocenters. The Kier molecular flexibility index (Phi) is 11.5. The summed E-state index contributed by atoms with van der Waals surface area (Å²) in [5.41, 5.74) is 2.77. The van der Waals surface area contributed by atoms with Gasteiger partial charge in [0, 0.05) is 54.9 Å². The van der Waals surface area contributed by atoms with Gasteiger partial charge in [-0.2, -0.15) is 4.98 Å². The Morgan fingerprint density at radius 1 is 0.948 bits per heavy atom. The summed E-state index contributed by atoms with van der Waals surface area (Å²) >= 11 is 6.44. The molecule has 0 radical (unpaired) electrons. The van der Waals surface area contributed by atoms with Crippen molar-refractivity contribution in [3.63, 3.8) is 0 Å². The normalized spacial score (nSPS) is 17.3. The van der Waals surface area contributed by atoms with Gasteiger partial charge in [-0.15, -0.1) is 0 Å². The van der Waals surface area contributed by atoms with Crippen molar-refractivity contribution in [3.05, 3.63) is 95.3 Å². The fourth-order valence-corrected chi connectivity index (χ4v) is 8.46. The second-order valence-electron chi connectivity index (χ2n) is 14.3. The van der Waals surface area contributed by atoms with E-state index in [1.807, 2.05) is 42.5 Å². The summed E-state index contributed by atoms with van der Waals surface area (Å²) in [6.45, 7) is 4.77. The lowest BCUT2D eigenvalue weighted by Crippen LogP contribution is -2.54. The Morgan fingerprint density at radius 2 is 1.71 bits per heavy atom. The van der Waals surface area contributed by atoms with Crippen molar-refractivity contribution in [1.29, 1.82) is 0 Å². The van der Waals surface area contributed by atoms with Gasteiger partial charge in [0.2, 0.25) is 23.7 Å². The highest BCUT2D eigenvalue weighted by molar-refractivity contribution is 7.70. The van der Waals surface area contributed by atoms with Crippen LogP contribution < -0.4 is 41.5 Å². The third-order valence-electron chi connectivity index (χ3n) is 10.1. The Labute approximate surface area is 339 Å². The maximum Gasteiger partial charge on any atom is 0.264 e. The first-order valence-electron chi connectivity index (χ1n) is 18.5. The number of halogens is 1. The van der Waals surface area contributed by atoms with Crippen LogP contribution in [-0.2, 0) is 18.9 Å². The van der Waals surface area contributed by atoms with Crippen molar-refractivity contribution in [2.75, 3.05) is 54.4 Å². The third-order valence-corrected chi connectivity index (χ3v) is 11.9. The zero-order valence-electron chi connectivity index (χ0n) is 31.9. The van der Waals surface area contributed by atoms with Crippen molar-refractivity contribution in [3.8, 4) is 5.75 Å². The lowest BCUT2D eigenvalue weighted by Gasteiger charge is -2.34. The monoisotopic (exact) mass is 825 g/mol. The number of hydrogen-bond donors (Lipinski definition) is 5. The predicted octanol–water partition coefficient (Wildman–Crippen LogP) is 4.99. The molecule has 3 aliphatic rings. The molecule has 16 nitrogen and oxygen atoms in total. The molecule has 3 aromatic carbocycles. The highest BCUT2D eigenvalue weighted by atomic mass is 35.5. The van der Waals surface area contributed by atoms with Crippen molar-refractivity contribution in [2.24, 2.45) is 0 Å². The van der Waals surface area contributed by atoms with Crippen molar-refractivity contribution >= 4 is 88.1 Å². The van der Waals surface area contributed by atoms with Crippen LogP contribution in [0.3, 0.4) is 0 Å². The number of piperidine rings is 2. The molecule has 4 heterocycles. The van der Waals surface area contributed by atoms with Gasteiger partial charge in [-0.1, -0.05) is 29.8 Å². The summed E-state index contributed by atoms with van der Waals surface area (Å²) in [5.74, 6) is -1.52. The Morgan fingerprint density at radius 3 is 2.45 bits per heavy atom. The van der Waals surface area contributed by atoms with Gasteiger partial charge in [-0.3, -0.25) is 34.2 Å². The summed E-state index contributed by atoms with van der Waals surface area (Å²) in [6, 6.07) is 16.6. The highest BCUT2D eigenvalue weighted by Gasteiger charge is 2.45. The van der Waals surface area contributed by atoms with Crippen molar-refractivity contribution in [2.45, 2.75) is 37.8 Å². The van der Waals surface area contributed by atoms with E-state index in [1.54, 1.807) is 32.6 Å². The molecule has 7 rings (SSSR count). The smallest absolute Gasteiger partial charge is 0.264 e. The minimum Gasteiger partial charge on any atom is -0.494 e. The first-order chi connectivity index (χ1) is 27.8. The average molecular weight is 826 g/mol. The SMILES string of the molecule is COc1cc(N2CCC(NC(=O)/C=C/Nc3cccc4c3C(=O)N(C3CCC(=O)NC3=O)C4=O)CC2)ccc1Nc1ncc(Cl)c(Nc2ccccc2P(C)(C)=O)n1. The summed E-state index contributed by atoms with van der Waals surface area (Å²) in [6.07, 6.45) is 5.66. The molecule has 0 aliphatic carbocycles. The quantitative estimate of drug-likeness (QED) is 0.0727.